The summed E-state index contributed by atoms with van der Waals surface area (Å²) in [6, 6.07) is 3.93. The quantitative estimate of drug-likeness (QED) is 0.844. The molecule has 1 unspecified atom stereocenters. The molecule has 0 radical (unpaired) electrons. The third kappa shape index (κ3) is 2.92. The molecular formula is C12H14ClN3O2. The molecule has 0 aliphatic heterocycles. The third-order valence-electron chi connectivity index (χ3n) is 2.44. The maximum absolute atomic E-state index is 5.92. The fraction of sp³-hybridized carbons (Fsp3) is 0.333. The van der Waals surface area contributed by atoms with Gasteiger partial charge in [-0.2, -0.15) is 0 Å². The molecule has 0 amide bonds. The molecular weight excluding hydrogens is 254 g/mol. The minimum Gasteiger partial charge on any atom is -0.490 e. The van der Waals surface area contributed by atoms with Crippen LogP contribution in [-0.4, -0.2) is 23.1 Å². The van der Waals surface area contributed by atoms with Gasteiger partial charge < -0.3 is 14.5 Å². The molecule has 0 bridgehead atoms. The van der Waals surface area contributed by atoms with Crippen LogP contribution in [0.3, 0.4) is 0 Å². The molecule has 2 aromatic rings. The first kappa shape index (κ1) is 12.7. The molecule has 1 atom stereocenters. The van der Waals surface area contributed by atoms with Gasteiger partial charge in [0.05, 0.1) is 13.4 Å². The van der Waals surface area contributed by atoms with Gasteiger partial charge in [0, 0.05) is 12.5 Å². The van der Waals surface area contributed by atoms with Crippen molar-refractivity contribution in [3.63, 3.8) is 0 Å². The van der Waals surface area contributed by atoms with Gasteiger partial charge in [-0.1, -0.05) is 11.6 Å². The van der Waals surface area contributed by atoms with E-state index in [0.717, 1.165) is 12.2 Å². The number of nitrogens with one attached hydrogen (secondary N) is 1. The molecule has 2 aromatic heterocycles. The van der Waals surface area contributed by atoms with E-state index in [1.807, 2.05) is 19.1 Å². The first-order valence-corrected chi connectivity index (χ1v) is 5.92. The van der Waals surface area contributed by atoms with Crippen LogP contribution in [0.1, 0.15) is 12.7 Å². The molecule has 5 nitrogen and oxygen atoms in total. The molecule has 0 saturated heterocycles. The topological polar surface area (TPSA) is 60.2 Å². The SMILES string of the molecule is COc1c(Cl)ncnc1NC(C)Cc1ccco1. The van der Waals surface area contributed by atoms with Crippen LogP contribution in [0.15, 0.2) is 29.1 Å². The van der Waals surface area contributed by atoms with E-state index in [1.54, 1.807) is 6.26 Å². The fourth-order valence-electron chi connectivity index (χ4n) is 1.65. The highest BCUT2D eigenvalue weighted by atomic mass is 35.5. The number of nitrogens with zero attached hydrogens (tertiary/aromatic N) is 2. The molecule has 0 saturated carbocycles. The zero-order chi connectivity index (χ0) is 13.0. The minimum absolute atomic E-state index is 0.135. The predicted octanol–water partition coefficient (Wildman–Crippen LogP) is 2.77. The second-order valence-corrected chi connectivity index (χ2v) is 4.23. The molecule has 96 valence electrons. The smallest absolute Gasteiger partial charge is 0.198 e. The van der Waals surface area contributed by atoms with E-state index in [0.29, 0.717) is 16.7 Å². The Hall–Kier alpha value is -1.75. The van der Waals surface area contributed by atoms with Gasteiger partial charge >= 0.3 is 0 Å². The lowest BCUT2D eigenvalue weighted by Gasteiger charge is -2.15. The lowest BCUT2D eigenvalue weighted by molar-refractivity contribution is 0.412. The van der Waals surface area contributed by atoms with Crippen molar-refractivity contribution in [2.45, 2.75) is 19.4 Å². The zero-order valence-electron chi connectivity index (χ0n) is 10.2. The van der Waals surface area contributed by atoms with Crippen LogP contribution in [0.5, 0.6) is 5.75 Å². The molecule has 0 aliphatic carbocycles. The average molecular weight is 268 g/mol. The maximum atomic E-state index is 5.92. The fourth-order valence-corrected chi connectivity index (χ4v) is 1.86. The summed E-state index contributed by atoms with van der Waals surface area (Å²) in [6.45, 7) is 2.03. The Morgan fingerprint density at radius 2 is 2.33 bits per heavy atom. The van der Waals surface area contributed by atoms with Crippen molar-refractivity contribution in [2.75, 3.05) is 12.4 Å². The Bertz CT molecular complexity index is 502. The van der Waals surface area contributed by atoms with Crippen LogP contribution >= 0.6 is 11.6 Å². The molecule has 0 aliphatic rings. The summed E-state index contributed by atoms with van der Waals surface area (Å²) in [4.78, 5) is 7.98. The second kappa shape index (κ2) is 5.73. The van der Waals surface area contributed by atoms with E-state index in [4.69, 9.17) is 20.8 Å². The number of rotatable bonds is 5. The number of methoxy groups -OCH3 is 1. The van der Waals surface area contributed by atoms with Gasteiger partial charge in [0.2, 0.25) is 0 Å². The summed E-state index contributed by atoms with van der Waals surface area (Å²) in [6.07, 6.45) is 3.80. The third-order valence-corrected chi connectivity index (χ3v) is 2.70. The first-order valence-electron chi connectivity index (χ1n) is 5.54. The number of halogens is 1. The Balaban J connectivity index is 2.07. The number of furan rings is 1. The normalized spacial score (nSPS) is 12.2. The van der Waals surface area contributed by atoms with Gasteiger partial charge in [0.1, 0.15) is 12.1 Å². The molecule has 18 heavy (non-hydrogen) atoms. The number of hydrogen-bond acceptors (Lipinski definition) is 5. The van der Waals surface area contributed by atoms with Crippen LogP contribution in [0.25, 0.3) is 0 Å². The lowest BCUT2D eigenvalue weighted by Crippen LogP contribution is -2.19. The summed E-state index contributed by atoms with van der Waals surface area (Å²) in [5.74, 6) is 1.94. The van der Waals surface area contributed by atoms with E-state index in [1.165, 1.54) is 13.4 Å². The number of anilines is 1. The molecule has 1 N–H and O–H groups in total. The van der Waals surface area contributed by atoms with Crippen LogP contribution in [0.4, 0.5) is 5.82 Å². The van der Waals surface area contributed by atoms with Crippen molar-refractivity contribution >= 4 is 17.4 Å². The van der Waals surface area contributed by atoms with Crippen molar-refractivity contribution in [3.8, 4) is 5.75 Å². The Labute approximate surface area is 110 Å². The van der Waals surface area contributed by atoms with Crippen LogP contribution < -0.4 is 10.1 Å². The number of aromatic nitrogens is 2. The zero-order valence-corrected chi connectivity index (χ0v) is 10.9. The van der Waals surface area contributed by atoms with Crippen LogP contribution in [-0.2, 0) is 6.42 Å². The monoisotopic (exact) mass is 267 g/mol. The van der Waals surface area contributed by atoms with Gasteiger partial charge in [-0.05, 0) is 19.1 Å². The maximum Gasteiger partial charge on any atom is 0.198 e. The standard InChI is InChI=1S/C12H14ClN3O2/c1-8(6-9-4-3-5-18-9)16-12-10(17-2)11(13)14-7-15-12/h3-5,7-8H,6H2,1-2H3,(H,14,15,16). The van der Waals surface area contributed by atoms with E-state index >= 15 is 0 Å². The molecule has 2 heterocycles. The number of hydrogen-bond donors (Lipinski definition) is 1. The van der Waals surface area contributed by atoms with E-state index in [2.05, 4.69) is 15.3 Å². The van der Waals surface area contributed by atoms with Crippen LogP contribution in [0.2, 0.25) is 5.15 Å². The lowest BCUT2D eigenvalue weighted by atomic mass is 10.2. The summed E-state index contributed by atoms with van der Waals surface area (Å²) in [5, 5.41) is 3.51. The summed E-state index contributed by atoms with van der Waals surface area (Å²) in [7, 11) is 1.53. The van der Waals surface area contributed by atoms with Gasteiger partial charge in [0.25, 0.3) is 0 Å². The highest BCUT2D eigenvalue weighted by Gasteiger charge is 2.13. The predicted molar refractivity (Wildman–Crippen MR) is 69.1 cm³/mol. The molecule has 6 heteroatoms. The molecule has 0 fully saturated rings. The minimum atomic E-state index is 0.135. The second-order valence-electron chi connectivity index (χ2n) is 3.88. The van der Waals surface area contributed by atoms with Crippen molar-refractivity contribution in [3.05, 3.63) is 35.6 Å². The average Bonchev–Trinajstić information content (AvgIpc) is 2.82. The van der Waals surface area contributed by atoms with E-state index < -0.39 is 0 Å². The van der Waals surface area contributed by atoms with Gasteiger partial charge in [-0.3, -0.25) is 0 Å². The van der Waals surface area contributed by atoms with Crippen molar-refractivity contribution in [1.29, 1.82) is 0 Å². The highest BCUT2D eigenvalue weighted by Crippen LogP contribution is 2.28. The van der Waals surface area contributed by atoms with Crippen molar-refractivity contribution in [2.24, 2.45) is 0 Å². The van der Waals surface area contributed by atoms with Crippen molar-refractivity contribution < 1.29 is 9.15 Å². The van der Waals surface area contributed by atoms with Crippen molar-refractivity contribution in [1.82, 2.24) is 9.97 Å². The van der Waals surface area contributed by atoms with Gasteiger partial charge in [-0.15, -0.1) is 0 Å². The largest absolute Gasteiger partial charge is 0.490 e. The van der Waals surface area contributed by atoms with Gasteiger partial charge in [-0.25, -0.2) is 9.97 Å². The molecule has 0 aromatic carbocycles. The van der Waals surface area contributed by atoms with E-state index in [-0.39, 0.29) is 6.04 Å². The number of ether oxygens (including phenoxy) is 1. The summed E-state index contributed by atoms with van der Waals surface area (Å²) in [5.41, 5.74) is 0. The first-order chi connectivity index (χ1) is 8.70. The van der Waals surface area contributed by atoms with Gasteiger partial charge in [0.15, 0.2) is 16.7 Å². The Kier molecular flexibility index (Phi) is 4.04. The molecule has 2 rings (SSSR count). The van der Waals surface area contributed by atoms with E-state index in [9.17, 15) is 0 Å². The van der Waals surface area contributed by atoms with Crippen LogP contribution in [0, 0.1) is 0 Å². The Morgan fingerprint density at radius 1 is 1.50 bits per heavy atom. The summed E-state index contributed by atoms with van der Waals surface area (Å²) >= 11 is 5.92. The highest BCUT2D eigenvalue weighted by molar-refractivity contribution is 6.31. The molecule has 0 spiro atoms. The summed E-state index contributed by atoms with van der Waals surface area (Å²) < 4.78 is 10.5. The Morgan fingerprint density at radius 3 is 3.00 bits per heavy atom.